The van der Waals surface area contributed by atoms with E-state index in [-0.39, 0.29) is 17.0 Å². The fourth-order valence-corrected chi connectivity index (χ4v) is 6.28. The number of aryl methyl sites for hydroxylation is 2. The van der Waals surface area contributed by atoms with Crippen molar-refractivity contribution in [2.24, 2.45) is 0 Å². The van der Waals surface area contributed by atoms with Gasteiger partial charge >= 0.3 is 0 Å². The normalized spacial score (nSPS) is 13.6. The van der Waals surface area contributed by atoms with Gasteiger partial charge in [0.25, 0.3) is 0 Å². The molecule has 6 aromatic carbocycles. The van der Waals surface area contributed by atoms with Crippen LogP contribution >= 0.6 is 0 Å². The van der Waals surface area contributed by atoms with E-state index in [4.69, 9.17) is 18.2 Å². The van der Waals surface area contributed by atoms with Gasteiger partial charge in [0.05, 0.1) is 22.3 Å². The van der Waals surface area contributed by atoms with Crippen LogP contribution in [0, 0.1) is 13.7 Å². The van der Waals surface area contributed by atoms with Gasteiger partial charge in [-0.1, -0.05) is 97.1 Å². The molecule has 4 nitrogen and oxygen atoms in total. The number of benzene rings is 6. The minimum absolute atomic E-state index is 0.00130. The number of phenols is 1. The summed E-state index contributed by atoms with van der Waals surface area (Å²) in [6.07, 6.45) is 1.81. The average molecular weight is 626 g/mol. The molecule has 2 aromatic heterocycles. The number of nitrogens with zero attached hydrogens (tertiary/aromatic N) is 3. The Morgan fingerprint density at radius 1 is 0.562 bits per heavy atom. The zero-order valence-electron chi connectivity index (χ0n) is 31.8. The Bertz CT molecular complexity index is 2640. The molecule has 0 fully saturated rings. The van der Waals surface area contributed by atoms with Gasteiger partial charge in [0.15, 0.2) is 0 Å². The van der Waals surface area contributed by atoms with E-state index in [2.05, 4.69) is 48.5 Å². The summed E-state index contributed by atoms with van der Waals surface area (Å²) in [6.45, 7) is -5.42. The number of fused-ring (bicyclic) bond motifs is 1. The van der Waals surface area contributed by atoms with Gasteiger partial charge in [0.1, 0.15) is 11.6 Å². The minimum Gasteiger partial charge on any atom is -0.507 e. The third kappa shape index (κ3) is 5.33. The minimum atomic E-state index is -2.78. The summed E-state index contributed by atoms with van der Waals surface area (Å²) < 4.78 is 50.7. The number of para-hydroxylation sites is 2. The van der Waals surface area contributed by atoms with Gasteiger partial charge in [0.2, 0.25) is 0 Å². The van der Waals surface area contributed by atoms with Crippen LogP contribution in [0.1, 0.15) is 19.4 Å². The summed E-state index contributed by atoms with van der Waals surface area (Å²) in [7, 11) is 0. The van der Waals surface area contributed by atoms with Crippen molar-refractivity contribution in [3.8, 4) is 67.5 Å². The van der Waals surface area contributed by atoms with Crippen LogP contribution in [0.4, 0.5) is 0 Å². The van der Waals surface area contributed by atoms with E-state index in [1.54, 1.807) is 0 Å². The Labute approximate surface area is 288 Å². The molecule has 0 unspecified atom stereocenters. The highest BCUT2D eigenvalue weighted by atomic mass is 16.3. The standard InChI is InChI=1S/C44H33N3O/c1-29-23-30(2)43(48)39(24-29)44-46-42-38(19-12-20-41(42)47(44)37-17-10-5-11-18-37)35-25-34(32-15-8-4-9-16-32)26-36(27-35)40-28-33(21-22-45-40)31-13-6-3-7-14-31/h3-28,48H,1-2H3/i1D3,2D3. The molecule has 4 heteroatoms. The number of pyridine rings is 1. The molecule has 0 amide bonds. The lowest BCUT2D eigenvalue weighted by Crippen LogP contribution is -1.98. The lowest BCUT2D eigenvalue weighted by atomic mass is 9.93. The average Bonchev–Trinajstić information content (AvgIpc) is 3.57. The number of rotatable bonds is 6. The van der Waals surface area contributed by atoms with E-state index in [0.717, 1.165) is 50.7 Å². The van der Waals surface area contributed by atoms with Crippen LogP contribution in [-0.4, -0.2) is 19.6 Å². The lowest BCUT2D eigenvalue weighted by molar-refractivity contribution is 0.472. The first kappa shape index (κ1) is 23.1. The third-order valence-electron chi connectivity index (χ3n) is 8.56. The second kappa shape index (κ2) is 12.2. The smallest absolute Gasteiger partial charge is 0.149 e. The maximum atomic E-state index is 11.6. The zero-order valence-corrected chi connectivity index (χ0v) is 25.8. The second-order valence-electron chi connectivity index (χ2n) is 11.7. The first-order chi connectivity index (χ1) is 26.0. The molecule has 48 heavy (non-hydrogen) atoms. The van der Waals surface area contributed by atoms with Gasteiger partial charge in [-0.25, -0.2) is 4.98 Å². The zero-order chi connectivity index (χ0) is 37.6. The molecule has 0 spiro atoms. The molecule has 0 saturated carbocycles. The Hall–Kier alpha value is -6.26. The molecular weight excluding hydrogens is 587 g/mol. The summed E-state index contributed by atoms with van der Waals surface area (Å²) in [5, 5.41) is 11.6. The van der Waals surface area contributed by atoms with E-state index in [9.17, 15) is 5.11 Å². The molecule has 0 saturated heterocycles. The van der Waals surface area contributed by atoms with Crippen molar-refractivity contribution in [2.45, 2.75) is 13.7 Å². The van der Waals surface area contributed by atoms with Gasteiger partial charge in [-0.2, -0.15) is 0 Å². The van der Waals surface area contributed by atoms with Crippen LogP contribution in [0.5, 0.6) is 5.75 Å². The van der Waals surface area contributed by atoms with Gasteiger partial charge in [-0.15, -0.1) is 0 Å². The predicted octanol–water partition coefficient (Wildman–Crippen LogP) is 11.1. The van der Waals surface area contributed by atoms with Crippen LogP contribution in [0.25, 0.3) is 72.7 Å². The molecule has 230 valence electrons. The number of aromatic nitrogens is 3. The first-order valence-corrected chi connectivity index (χ1v) is 15.6. The largest absolute Gasteiger partial charge is 0.507 e. The Kier molecular flexibility index (Phi) is 5.86. The predicted molar refractivity (Wildman–Crippen MR) is 197 cm³/mol. The van der Waals surface area contributed by atoms with E-state index < -0.39 is 25.0 Å². The second-order valence-corrected chi connectivity index (χ2v) is 11.7. The Balaban J connectivity index is 1.40. The van der Waals surface area contributed by atoms with E-state index in [1.165, 1.54) is 6.07 Å². The van der Waals surface area contributed by atoms with E-state index in [0.29, 0.717) is 16.7 Å². The van der Waals surface area contributed by atoms with Gasteiger partial charge in [0, 0.05) is 31.2 Å². The highest BCUT2D eigenvalue weighted by molar-refractivity contribution is 5.97. The van der Waals surface area contributed by atoms with Crippen LogP contribution in [0.15, 0.2) is 158 Å². The van der Waals surface area contributed by atoms with Crippen molar-refractivity contribution in [3.63, 3.8) is 0 Å². The van der Waals surface area contributed by atoms with Crippen molar-refractivity contribution in [1.82, 2.24) is 14.5 Å². The molecule has 0 radical (unpaired) electrons. The van der Waals surface area contributed by atoms with Crippen LogP contribution < -0.4 is 0 Å². The molecule has 0 aliphatic rings. The van der Waals surface area contributed by atoms with Gasteiger partial charge < -0.3 is 5.11 Å². The van der Waals surface area contributed by atoms with Crippen molar-refractivity contribution >= 4 is 11.0 Å². The number of aromatic hydroxyl groups is 1. The molecular formula is C44H33N3O. The molecule has 0 aliphatic heterocycles. The molecule has 0 atom stereocenters. The van der Waals surface area contributed by atoms with Crippen molar-refractivity contribution in [1.29, 1.82) is 0 Å². The SMILES string of the molecule is [2H]C([2H])([2H])c1cc(-c2nc3c(-c4cc(-c5ccccc5)cc(-c5cc(-c6ccccc6)ccn5)c4)cccc3n2-c2ccccc2)c(O)c(C([2H])([2H])[2H])c1. The van der Waals surface area contributed by atoms with Gasteiger partial charge in [-0.05, 0) is 107 Å². The van der Waals surface area contributed by atoms with Crippen molar-refractivity contribution < 1.29 is 13.3 Å². The van der Waals surface area contributed by atoms with Gasteiger partial charge in [-0.3, -0.25) is 9.55 Å². The summed E-state index contributed by atoms with van der Waals surface area (Å²) in [5.41, 5.74) is 8.73. The number of phenolic OH excluding ortho intramolecular Hbond substituents is 1. The summed E-state index contributed by atoms with van der Waals surface area (Å²) in [6, 6.07) is 48.2. The van der Waals surface area contributed by atoms with E-state index >= 15 is 0 Å². The van der Waals surface area contributed by atoms with Crippen LogP contribution in [0.3, 0.4) is 0 Å². The fourth-order valence-electron chi connectivity index (χ4n) is 6.28. The van der Waals surface area contributed by atoms with Crippen LogP contribution in [0.2, 0.25) is 0 Å². The maximum absolute atomic E-state index is 11.6. The Morgan fingerprint density at radius 3 is 1.98 bits per heavy atom. The topological polar surface area (TPSA) is 50.9 Å². The quantitative estimate of drug-likeness (QED) is 0.200. The molecule has 2 heterocycles. The van der Waals surface area contributed by atoms with Crippen molar-refractivity contribution in [2.75, 3.05) is 0 Å². The summed E-state index contributed by atoms with van der Waals surface area (Å²) >= 11 is 0. The summed E-state index contributed by atoms with van der Waals surface area (Å²) in [5.74, 6) is -0.343. The molecule has 1 N–H and O–H groups in total. The monoisotopic (exact) mass is 625 g/mol. The molecule has 8 rings (SSSR count). The number of hydrogen-bond donors (Lipinski definition) is 1. The number of hydrogen-bond acceptors (Lipinski definition) is 3. The lowest BCUT2D eigenvalue weighted by Gasteiger charge is -2.13. The maximum Gasteiger partial charge on any atom is 0.149 e. The Morgan fingerprint density at radius 2 is 1.25 bits per heavy atom. The van der Waals surface area contributed by atoms with E-state index in [1.807, 2.05) is 102 Å². The fraction of sp³-hybridized carbons (Fsp3) is 0.0455. The molecule has 0 bridgehead atoms. The molecule has 0 aliphatic carbocycles. The highest BCUT2D eigenvalue weighted by Crippen LogP contribution is 2.40. The highest BCUT2D eigenvalue weighted by Gasteiger charge is 2.21. The van der Waals surface area contributed by atoms with Crippen LogP contribution in [-0.2, 0) is 0 Å². The molecule has 8 aromatic rings. The van der Waals surface area contributed by atoms with Crippen molar-refractivity contribution in [3.05, 3.63) is 169 Å². The summed E-state index contributed by atoms with van der Waals surface area (Å²) in [4.78, 5) is 9.91. The number of imidazole rings is 1. The first-order valence-electron chi connectivity index (χ1n) is 18.6. The third-order valence-corrected chi connectivity index (χ3v) is 8.56.